The van der Waals surface area contributed by atoms with Crippen LogP contribution < -0.4 is 9.62 Å². The highest BCUT2D eigenvalue weighted by molar-refractivity contribution is 7.92. The Kier molecular flexibility index (Phi) is 8.62. The lowest BCUT2D eigenvalue weighted by molar-refractivity contribution is -0.139. The zero-order chi connectivity index (χ0) is 23.0. The van der Waals surface area contributed by atoms with Crippen molar-refractivity contribution in [2.75, 3.05) is 23.7 Å². The van der Waals surface area contributed by atoms with Crippen molar-refractivity contribution in [2.24, 2.45) is 0 Å². The molecular weight excluding hydrogens is 414 g/mol. The van der Waals surface area contributed by atoms with Gasteiger partial charge < -0.3 is 10.2 Å². The second-order valence-electron chi connectivity index (χ2n) is 7.58. The molecule has 0 fully saturated rings. The van der Waals surface area contributed by atoms with Gasteiger partial charge in [0.2, 0.25) is 21.8 Å². The number of nitrogens with one attached hydrogen (secondary N) is 1. The zero-order valence-electron chi connectivity index (χ0n) is 18.5. The molecule has 0 bridgehead atoms. The van der Waals surface area contributed by atoms with E-state index < -0.39 is 22.0 Å². The Hall–Kier alpha value is -2.87. The second-order valence-corrected chi connectivity index (χ2v) is 9.49. The number of carbonyl (C=O) groups is 2. The molecule has 31 heavy (non-hydrogen) atoms. The van der Waals surface area contributed by atoms with E-state index in [1.54, 1.807) is 37.3 Å². The third-order valence-electron chi connectivity index (χ3n) is 4.88. The molecule has 2 aromatic rings. The van der Waals surface area contributed by atoms with E-state index in [1.165, 1.54) is 4.90 Å². The molecular formula is C23H31N3O4S. The normalized spacial score (nSPS) is 12.1. The highest BCUT2D eigenvalue weighted by Crippen LogP contribution is 2.18. The highest BCUT2D eigenvalue weighted by Gasteiger charge is 2.29. The lowest BCUT2D eigenvalue weighted by atomic mass is 10.1. The number of amides is 2. The molecule has 2 rings (SSSR count). The molecule has 1 N–H and O–H groups in total. The van der Waals surface area contributed by atoms with E-state index in [4.69, 9.17) is 0 Å². The minimum Gasteiger partial charge on any atom is -0.354 e. The van der Waals surface area contributed by atoms with Crippen molar-refractivity contribution in [3.05, 3.63) is 65.7 Å². The fourth-order valence-corrected chi connectivity index (χ4v) is 4.04. The van der Waals surface area contributed by atoms with Crippen LogP contribution in [-0.2, 0) is 26.2 Å². The minimum absolute atomic E-state index is 0.202. The Morgan fingerprint density at radius 1 is 1.06 bits per heavy atom. The number of aryl methyl sites for hydroxylation is 1. The summed E-state index contributed by atoms with van der Waals surface area (Å²) in [5, 5.41) is 2.82. The molecule has 0 heterocycles. The van der Waals surface area contributed by atoms with Gasteiger partial charge in [0.15, 0.2) is 0 Å². The Morgan fingerprint density at radius 3 is 2.32 bits per heavy atom. The smallest absolute Gasteiger partial charge is 0.244 e. The SMILES string of the molecule is CCCNC(=O)[C@H](C)N(Cc1cccc(C)c1)C(=O)CN(c1ccccc1)S(C)(=O)=O. The van der Waals surface area contributed by atoms with E-state index in [-0.39, 0.29) is 19.0 Å². The summed E-state index contributed by atoms with van der Waals surface area (Å²) in [4.78, 5) is 27.4. The van der Waals surface area contributed by atoms with E-state index in [0.29, 0.717) is 12.2 Å². The quantitative estimate of drug-likeness (QED) is 0.609. The zero-order valence-corrected chi connectivity index (χ0v) is 19.4. The van der Waals surface area contributed by atoms with Gasteiger partial charge in [-0.1, -0.05) is 55.0 Å². The molecule has 0 unspecified atom stereocenters. The first kappa shape index (κ1) is 24.4. The summed E-state index contributed by atoms with van der Waals surface area (Å²) in [7, 11) is -3.70. The van der Waals surface area contributed by atoms with Crippen LogP contribution in [-0.4, -0.2) is 50.5 Å². The first-order valence-electron chi connectivity index (χ1n) is 10.3. The number of hydrogen-bond donors (Lipinski definition) is 1. The number of nitrogens with zero attached hydrogens (tertiary/aromatic N) is 2. The first-order chi connectivity index (χ1) is 14.6. The van der Waals surface area contributed by atoms with Crippen LogP contribution in [0.1, 0.15) is 31.4 Å². The van der Waals surface area contributed by atoms with Gasteiger partial charge in [0.25, 0.3) is 0 Å². The summed E-state index contributed by atoms with van der Waals surface area (Å²) in [5.74, 6) is -0.719. The van der Waals surface area contributed by atoms with Gasteiger partial charge in [0.05, 0.1) is 11.9 Å². The Morgan fingerprint density at radius 2 is 1.74 bits per heavy atom. The van der Waals surface area contributed by atoms with Crippen LogP contribution in [0.3, 0.4) is 0 Å². The number of carbonyl (C=O) groups excluding carboxylic acids is 2. The summed E-state index contributed by atoms with van der Waals surface area (Å²) >= 11 is 0. The summed E-state index contributed by atoms with van der Waals surface area (Å²) in [6, 6.07) is 15.4. The summed E-state index contributed by atoms with van der Waals surface area (Å²) in [6.45, 7) is 5.88. The third-order valence-corrected chi connectivity index (χ3v) is 6.02. The maximum atomic E-state index is 13.3. The standard InChI is InChI=1S/C23H31N3O4S/c1-5-14-24-23(28)19(3)25(16-20-11-9-10-18(2)15-20)22(27)17-26(31(4,29)30)21-12-7-6-8-13-21/h6-13,15,19H,5,14,16-17H2,1-4H3,(H,24,28)/t19-/m0/s1. The Balaban J connectivity index is 2.34. The fraction of sp³-hybridized carbons (Fsp3) is 0.391. The number of benzene rings is 2. The van der Waals surface area contributed by atoms with Crippen LogP contribution in [0.15, 0.2) is 54.6 Å². The van der Waals surface area contributed by atoms with Crippen LogP contribution in [0.4, 0.5) is 5.69 Å². The predicted molar refractivity (Wildman–Crippen MR) is 123 cm³/mol. The largest absolute Gasteiger partial charge is 0.354 e. The van der Waals surface area contributed by atoms with Crippen molar-refractivity contribution < 1.29 is 18.0 Å². The predicted octanol–water partition coefficient (Wildman–Crippen LogP) is 2.70. The van der Waals surface area contributed by atoms with Crippen molar-refractivity contribution in [3.63, 3.8) is 0 Å². The molecule has 1 atom stereocenters. The number of hydrogen-bond acceptors (Lipinski definition) is 4. The monoisotopic (exact) mass is 445 g/mol. The van der Waals surface area contributed by atoms with Crippen LogP contribution >= 0.6 is 0 Å². The molecule has 0 aliphatic carbocycles. The summed E-state index contributed by atoms with van der Waals surface area (Å²) in [5.41, 5.74) is 2.31. The van der Waals surface area contributed by atoms with Crippen molar-refractivity contribution in [3.8, 4) is 0 Å². The maximum absolute atomic E-state index is 13.3. The minimum atomic E-state index is -3.70. The van der Waals surface area contributed by atoms with Crippen molar-refractivity contribution in [1.82, 2.24) is 10.2 Å². The first-order valence-corrected chi connectivity index (χ1v) is 12.1. The molecule has 0 saturated carbocycles. The van der Waals surface area contributed by atoms with E-state index in [1.807, 2.05) is 38.1 Å². The van der Waals surface area contributed by atoms with Crippen molar-refractivity contribution in [2.45, 2.75) is 39.8 Å². The van der Waals surface area contributed by atoms with Gasteiger partial charge >= 0.3 is 0 Å². The van der Waals surface area contributed by atoms with Gasteiger partial charge in [-0.3, -0.25) is 13.9 Å². The van der Waals surface area contributed by atoms with Crippen molar-refractivity contribution in [1.29, 1.82) is 0 Å². The van der Waals surface area contributed by atoms with Crippen LogP contribution in [0.2, 0.25) is 0 Å². The van der Waals surface area contributed by atoms with Gasteiger partial charge in [-0.25, -0.2) is 8.42 Å². The van der Waals surface area contributed by atoms with Gasteiger partial charge in [0.1, 0.15) is 12.6 Å². The summed E-state index contributed by atoms with van der Waals surface area (Å²) in [6.07, 6.45) is 1.84. The second kappa shape index (κ2) is 10.9. The van der Waals surface area contributed by atoms with E-state index in [2.05, 4.69) is 5.32 Å². The molecule has 0 saturated heterocycles. The van der Waals surface area contributed by atoms with Gasteiger partial charge in [-0.15, -0.1) is 0 Å². The highest BCUT2D eigenvalue weighted by atomic mass is 32.2. The van der Waals surface area contributed by atoms with Gasteiger partial charge in [0, 0.05) is 13.1 Å². The Bertz CT molecular complexity index is 993. The van der Waals surface area contributed by atoms with Gasteiger partial charge in [-0.2, -0.15) is 0 Å². The maximum Gasteiger partial charge on any atom is 0.244 e. The molecule has 2 amide bonds. The van der Waals surface area contributed by atoms with Crippen LogP contribution in [0.5, 0.6) is 0 Å². The molecule has 0 aliphatic heterocycles. The van der Waals surface area contributed by atoms with E-state index in [0.717, 1.165) is 28.1 Å². The molecule has 8 heteroatoms. The lowest BCUT2D eigenvalue weighted by Gasteiger charge is -2.31. The fourth-order valence-electron chi connectivity index (χ4n) is 3.19. The van der Waals surface area contributed by atoms with Crippen molar-refractivity contribution >= 4 is 27.5 Å². The number of anilines is 1. The molecule has 2 aromatic carbocycles. The molecule has 0 spiro atoms. The summed E-state index contributed by atoms with van der Waals surface area (Å²) < 4.78 is 25.9. The molecule has 0 aromatic heterocycles. The number of sulfonamides is 1. The average molecular weight is 446 g/mol. The van der Waals surface area contributed by atoms with E-state index >= 15 is 0 Å². The van der Waals surface area contributed by atoms with E-state index in [9.17, 15) is 18.0 Å². The number of para-hydroxylation sites is 1. The molecule has 0 aliphatic rings. The molecule has 0 radical (unpaired) electrons. The van der Waals surface area contributed by atoms with Gasteiger partial charge in [-0.05, 0) is 38.0 Å². The number of rotatable bonds is 10. The topological polar surface area (TPSA) is 86.8 Å². The van der Waals surface area contributed by atoms with Crippen LogP contribution in [0.25, 0.3) is 0 Å². The molecule has 168 valence electrons. The average Bonchev–Trinajstić information content (AvgIpc) is 2.73. The Labute approximate surface area is 185 Å². The third kappa shape index (κ3) is 7.10. The molecule has 7 nitrogen and oxygen atoms in total. The van der Waals surface area contributed by atoms with Crippen LogP contribution in [0, 0.1) is 6.92 Å². The lowest BCUT2D eigenvalue weighted by Crippen LogP contribution is -2.51.